The summed E-state index contributed by atoms with van der Waals surface area (Å²) in [4.78, 5) is 1.72. The summed E-state index contributed by atoms with van der Waals surface area (Å²) in [5, 5.41) is 0. The second-order valence-electron chi connectivity index (χ2n) is 4.99. The summed E-state index contributed by atoms with van der Waals surface area (Å²) in [6, 6.07) is 13.0. The summed E-state index contributed by atoms with van der Waals surface area (Å²) >= 11 is 11.8. The molecule has 2 aromatic rings. The third-order valence-corrected chi connectivity index (χ3v) is 7.04. The highest BCUT2D eigenvalue weighted by atomic mass is 79.9. The molecule has 1 aromatic carbocycles. The second-order valence-corrected chi connectivity index (χ2v) is 7.59. The smallest absolute Gasteiger partial charge is 0.0960 e. The number of alkyl halides is 1. The Bertz CT molecular complexity index is 538. The van der Waals surface area contributed by atoms with Crippen LogP contribution in [0.4, 0.5) is 0 Å². The van der Waals surface area contributed by atoms with Gasteiger partial charge in [-0.25, -0.2) is 0 Å². The molecule has 0 N–H and O–H groups in total. The molecule has 0 saturated heterocycles. The number of thiophene rings is 1. The molecule has 0 aliphatic heterocycles. The molecule has 94 valence electrons. The van der Waals surface area contributed by atoms with Crippen molar-refractivity contribution < 1.29 is 0 Å². The quantitative estimate of drug-likeness (QED) is 0.612. The van der Waals surface area contributed by atoms with Crippen LogP contribution in [-0.4, -0.2) is 0 Å². The van der Waals surface area contributed by atoms with E-state index in [0.29, 0.717) is 4.83 Å². The van der Waals surface area contributed by atoms with E-state index in [-0.39, 0.29) is 5.41 Å². The average Bonchev–Trinajstić information content (AvgIpc) is 3.13. The van der Waals surface area contributed by atoms with Crippen LogP contribution < -0.4 is 0 Å². The first-order chi connectivity index (χ1) is 8.63. The van der Waals surface area contributed by atoms with Gasteiger partial charge in [0.2, 0.25) is 0 Å². The third-order valence-electron chi connectivity index (χ3n) is 3.75. The lowest BCUT2D eigenvalue weighted by atomic mass is 9.91. The normalized spacial score (nSPS) is 18.6. The molecule has 18 heavy (non-hydrogen) atoms. The number of hydrogen-bond donors (Lipinski definition) is 0. The lowest BCUT2D eigenvalue weighted by Gasteiger charge is -2.21. The van der Waals surface area contributed by atoms with Crippen molar-refractivity contribution in [2.45, 2.75) is 30.0 Å². The van der Waals surface area contributed by atoms with E-state index in [9.17, 15) is 0 Å². The molecule has 1 fully saturated rings. The van der Waals surface area contributed by atoms with Crippen LogP contribution in [0.2, 0.25) is 4.34 Å². The average molecular weight is 342 g/mol. The Morgan fingerprint density at radius 2 is 1.94 bits per heavy atom. The summed E-state index contributed by atoms with van der Waals surface area (Å²) < 4.78 is 0.915. The third kappa shape index (κ3) is 2.04. The molecule has 3 heteroatoms. The van der Waals surface area contributed by atoms with Crippen LogP contribution in [0.25, 0.3) is 0 Å². The first-order valence-corrected chi connectivity index (χ1v) is 8.20. The van der Waals surface area contributed by atoms with Gasteiger partial charge in [-0.1, -0.05) is 57.9 Å². The highest BCUT2D eigenvalue weighted by Crippen LogP contribution is 2.61. The molecule has 1 unspecified atom stereocenters. The lowest BCUT2D eigenvalue weighted by molar-refractivity contribution is 0.689. The monoisotopic (exact) mass is 340 g/mol. The molecule has 1 heterocycles. The predicted octanol–water partition coefficient (Wildman–Crippen LogP) is 5.88. The molecule has 3 rings (SSSR count). The van der Waals surface area contributed by atoms with Crippen LogP contribution in [0.1, 0.15) is 33.7 Å². The molecule has 0 bridgehead atoms. The van der Waals surface area contributed by atoms with E-state index in [0.717, 1.165) is 4.34 Å². The van der Waals surface area contributed by atoms with Gasteiger partial charge in [0, 0.05) is 10.3 Å². The van der Waals surface area contributed by atoms with Crippen molar-refractivity contribution in [2.75, 3.05) is 0 Å². The van der Waals surface area contributed by atoms with Gasteiger partial charge in [0.15, 0.2) is 0 Å². The van der Waals surface area contributed by atoms with E-state index in [1.165, 1.54) is 28.8 Å². The zero-order valence-electron chi connectivity index (χ0n) is 10.1. The van der Waals surface area contributed by atoms with Gasteiger partial charge in [-0.3, -0.25) is 0 Å². The van der Waals surface area contributed by atoms with Gasteiger partial charge >= 0.3 is 0 Å². The Balaban J connectivity index is 1.95. The van der Waals surface area contributed by atoms with E-state index >= 15 is 0 Å². The molecule has 0 nitrogen and oxygen atoms in total. The number of benzene rings is 1. The maximum absolute atomic E-state index is 6.19. The molecule has 1 aliphatic rings. The standard InChI is InChI=1S/C15H14BrClS/c1-10-9-12(18-14(10)17)13(16)15(7-8-15)11-5-3-2-4-6-11/h2-6,9,13H,7-8H2,1H3. The van der Waals surface area contributed by atoms with Gasteiger partial charge in [0.05, 0.1) is 9.16 Å². The van der Waals surface area contributed by atoms with Gasteiger partial charge in [-0.05, 0) is 37.0 Å². The number of halogens is 2. The topological polar surface area (TPSA) is 0 Å². The van der Waals surface area contributed by atoms with Crippen LogP contribution in [0, 0.1) is 6.92 Å². The Hall–Kier alpha value is -0.310. The number of aryl methyl sites for hydroxylation is 1. The van der Waals surface area contributed by atoms with E-state index in [4.69, 9.17) is 11.6 Å². The summed E-state index contributed by atoms with van der Waals surface area (Å²) in [6.45, 7) is 2.07. The molecule has 0 radical (unpaired) electrons. The van der Waals surface area contributed by atoms with E-state index in [1.807, 2.05) is 0 Å². The summed E-state index contributed by atoms with van der Waals surface area (Å²) in [7, 11) is 0. The van der Waals surface area contributed by atoms with Crippen LogP contribution in [-0.2, 0) is 5.41 Å². The van der Waals surface area contributed by atoms with Gasteiger partial charge in [0.1, 0.15) is 0 Å². The fourth-order valence-corrected chi connectivity index (χ4v) is 4.92. The van der Waals surface area contributed by atoms with Crippen LogP contribution >= 0.6 is 38.9 Å². The molecule has 1 atom stereocenters. The van der Waals surface area contributed by atoms with Crippen molar-refractivity contribution in [3.63, 3.8) is 0 Å². The highest BCUT2D eigenvalue weighted by Gasteiger charge is 2.50. The highest BCUT2D eigenvalue weighted by molar-refractivity contribution is 9.09. The minimum atomic E-state index is 0.280. The minimum Gasteiger partial charge on any atom is -0.127 e. The largest absolute Gasteiger partial charge is 0.127 e. The van der Waals surface area contributed by atoms with Crippen molar-refractivity contribution in [1.29, 1.82) is 0 Å². The second kappa shape index (κ2) is 4.66. The van der Waals surface area contributed by atoms with E-state index < -0.39 is 0 Å². The summed E-state index contributed by atoms with van der Waals surface area (Å²) in [5.74, 6) is 0. The predicted molar refractivity (Wildman–Crippen MR) is 83.1 cm³/mol. The van der Waals surface area contributed by atoms with Crippen LogP contribution in [0.15, 0.2) is 36.4 Å². The molecule has 1 aromatic heterocycles. The fourth-order valence-electron chi connectivity index (χ4n) is 2.47. The SMILES string of the molecule is Cc1cc(C(Br)C2(c3ccccc3)CC2)sc1Cl. The number of hydrogen-bond acceptors (Lipinski definition) is 1. The number of rotatable bonds is 3. The van der Waals surface area contributed by atoms with Crippen molar-refractivity contribution in [1.82, 2.24) is 0 Å². The van der Waals surface area contributed by atoms with E-state index in [1.54, 1.807) is 11.3 Å². The van der Waals surface area contributed by atoms with Crippen LogP contribution in [0.5, 0.6) is 0 Å². The van der Waals surface area contributed by atoms with Crippen molar-refractivity contribution >= 4 is 38.9 Å². The van der Waals surface area contributed by atoms with Crippen molar-refractivity contribution in [3.05, 3.63) is 56.7 Å². The Kier molecular flexibility index (Phi) is 3.29. The molecular formula is C15H14BrClS. The van der Waals surface area contributed by atoms with Gasteiger partial charge in [-0.15, -0.1) is 11.3 Å². The van der Waals surface area contributed by atoms with Gasteiger partial charge in [0.25, 0.3) is 0 Å². The van der Waals surface area contributed by atoms with Gasteiger partial charge in [-0.2, -0.15) is 0 Å². The minimum absolute atomic E-state index is 0.280. The van der Waals surface area contributed by atoms with Crippen LogP contribution in [0.3, 0.4) is 0 Å². The summed E-state index contributed by atoms with van der Waals surface area (Å²) in [6.07, 6.45) is 2.50. The first kappa shape index (κ1) is 12.7. The Labute approximate surface area is 125 Å². The Morgan fingerprint density at radius 3 is 2.44 bits per heavy atom. The Morgan fingerprint density at radius 1 is 1.28 bits per heavy atom. The maximum Gasteiger partial charge on any atom is 0.0960 e. The van der Waals surface area contributed by atoms with E-state index in [2.05, 4.69) is 59.3 Å². The van der Waals surface area contributed by atoms with Crippen molar-refractivity contribution in [3.8, 4) is 0 Å². The molecule has 0 amide bonds. The molecule has 1 aliphatic carbocycles. The lowest BCUT2D eigenvalue weighted by Crippen LogP contribution is -2.12. The zero-order chi connectivity index (χ0) is 12.8. The maximum atomic E-state index is 6.19. The molecule has 1 saturated carbocycles. The van der Waals surface area contributed by atoms with Crippen molar-refractivity contribution in [2.24, 2.45) is 0 Å². The summed E-state index contributed by atoms with van der Waals surface area (Å²) in [5.41, 5.74) is 2.90. The fraction of sp³-hybridized carbons (Fsp3) is 0.333. The zero-order valence-corrected chi connectivity index (χ0v) is 13.3. The molecular weight excluding hydrogens is 328 g/mol. The van der Waals surface area contributed by atoms with Gasteiger partial charge < -0.3 is 0 Å². The first-order valence-electron chi connectivity index (χ1n) is 6.09. The molecule has 0 spiro atoms.